The Bertz CT molecular complexity index is 843. The average molecular weight is 377 g/mol. The third-order valence-corrected chi connectivity index (χ3v) is 4.82. The molecule has 1 aromatic carbocycles. The van der Waals surface area contributed by atoms with E-state index in [4.69, 9.17) is 10.5 Å². The van der Waals surface area contributed by atoms with Gasteiger partial charge >= 0.3 is 5.97 Å². The molecule has 0 aliphatic heterocycles. The highest BCUT2D eigenvalue weighted by Crippen LogP contribution is 2.34. The van der Waals surface area contributed by atoms with Gasteiger partial charge in [-0.25, -0.2) is 9.78 Å². The Morgan fingerprint density at radius 3 is 2.68 bits per heavy atom. The minimum Gasteiger partial charge on any atom is -0.462 e. The van der Waals surface area contributed by atoms with Gasteiger partial charge in [-0.05, 0) is 31.2 Å². The molecule has 0 spiro atoms. The lowest BCUT2D eigenvalue weighted by molar-refractivity contribution is 0.0533. The number of nitrogen functional groups attached to an aromatic ring is 1. The van der Waals surface area contributed by atoms with E-state index in [0.29, 0.717) is 17.2 Å². The van der Waals surface area contributed by atoms with Gasteiger partial charge in [0.05, 0.1) is 18.0 Å². The summed E-state index contributed by atoms with van der Waals surface area (Å²) in [5.74, 6) is -0.395. The maximum absolute atomic E-state index is 11.9. The van der Waals surface area contributed by atoms with Crippen LogP contribution in [-0.4, -0.2) is 17.6 Å². The largest absolute Gasteiger partial charge is 0.462 e. The Kier molecular flexibility index (Phi) is 4.13. The number of rotatable bonds is 3. The van der Waals surface area contributed by atoms with Crippen molar-refractivity contribution < 1.29 is 9.53 Å². The smallest absolute Gasteiger partial charge is 0.350 e. The van der Waals surface area contributed by atoms with E-state index in [9.17, 15) is 4.79 Å². The van der Waals surface area contributed by atoms with Crippen molar-refractivity contribution in [3.63, 3.8) is 0 Å². The van der Waals surface area contributed by atoms with Crippen molar-refractivity contribution in [1.29, 1.82) is 0 Å². The van der Waals surface area contributed by atoms with Crippen LogP contribution >= 0.6 is 27.3 Å². The molecule has 4 nitrogen and oxygen atoms in total. The molecule has 22 heavy (non-hydrogen) atoms. The zero-order chi connectivity index (χ0) is 15.7. The van der Waals surface area contributed by atoms with E-state index in [-0.39, 0.29) is 0 Å². The fourth-order valence-corrected chi connectivity index (χ4v) is 3.38. The average Bonchev–Trinajstić information content (AvgIpc) is 2.85. The van der Waals surface area contributed by atoms with Gasteiger partial charge in [0, 0.05) is 15.4 Å². The normalized spacial score (nSPS) is 10.8. The third-order valence-electron chi connectivity index (χ3n) is 3.19. The predicted molar refractivity (Wildman–Crippen MR) is 93.1 cm³/mol. The third kappa shape index (κ3) is 2.71. The molecule has 2 aromatic heterocycles. The van der Waals surface area contributed by atoms with E-state index in [0.717, 1.165) is 25.9 Å². The molecule has 2 N–H and O–H groups in total. The number of nitrogens with two attached hydrogens (primary N) is 1. The molecule has 0 bridgehead atoms. The number of halogens is 1. The summed E-state index contributed by atoms with van der Waals surface area (Å²) in [7, 11) is 0. The highest BCUT2D eigenvalue weighted by molar-refractivity contribution is 9.10. The summed E-state index contributed by atoms with van der Waals surface area (Å²) in [6.45, 7) is 2.09. The van der Waals surface area contributed by atoms with Gasteiger partial charge in [-0.2, -0.15) is 0 Å². The minimum atomic E-state index is -0.395. The lowest BCUT2D eigenvalue weighted by Gasteiger charge is -2.01. The van der Waals surface area contributed by atoms with Crippen LogP contribution in [0.3, 0.4) is 0 Å². The minimum absolute atomic E-state index is 0.324. The summed E-state index contributed by atoms with van der Waals surface area (Å²) < 4.78 is 6.04. The van der Waals surface area contributed by atoms with Gasteiger partial charge < -0.3 is 10.5 Å². The van der Waals surface area contributed by atoms with Crippen LogP contribution in [-0.2, 0) is 4.74 Å². The predicted octanol–water partition coefficient (Wildman–Crippen LogP) is 4.48. The topological polar surface area (TPSA) is 65.2 Å². The number of pyridine rings is 1. The second kappa shape index (κ2) is 6.06. The van der Waals surface area contributed by atoms with Gasteiger partial charge in [0.15, 0.2) is 0 Å². The number of hydrogen-bond donors (Lipinski definition) is 1. The molecule has 0 amide bonds. The number of esters is 1. The molecule has 0 radical (unpaired) electrons. The van der Waals surface area contributed by atoms with Gasteiger partial charge in [-0.1, -0.05) is 28.1 Å². The van der Waals surface area contributed by atoms with Crippen LogP contribution in [0.15, 0.2) is 40.9 Å². The van der Waals surface area contributed by atoms with E-state index in [1.165, 1.54) is 11.3 Å². The maximum atomic E-state index is 11.9. The summed E-state index contributed by atoms with van der Waals surface area (Å²) in [4.78, 5) is 17.7. The number of benzene rings is 1. The van der Waals surface area contributed by atoms with Crippen LogP contribution in [0.1, 0.15) is 16.6 Å². The SMILES string of the molecule is CCOC(=O)c1sc2nc(-c3ccc(Br)cc3)ccc2c1N. The van der Waals surface area contributed by atoms with Crippen molar-refractivity contribution in [3.05, 3.63) is 45.7 Å². The molecule has 0 atom stereocenters. The van der Waals surface area contributed by atoms with Gasteiger partial charge in [0.2, 0.25) is 0 Å². The second-order valence-corrected chi connectivity index (χ2v) is 6.54. The summed E-state index contributed by atoms with van der Waals surface area (Å²) in [6, 6.07) is 11.7. The van der Waals surface area contributed by atoms with Gasteiger partial charge in [0.1, 0.15) is 9.71 Å². The molecular formula is C16H13BrN2O2S. The van der Waals surface area contributed by atoms with E-state index in [2.05, 4.69) is 20.9 Å². The molecule has 3 aromatic rings. The number of aromatic nitrogens is 1. The van der Waals surface area contributed by atoms with Crippen LogP contribution in [0.5, 0.6) is 0 Å². The van der Waals surface area contributed by atoms with E-state index in [1.807, 2.05) is 36.4 Å². The lowest BCUT2D eigenvalue weighted by Crippen LogP contribution is -2.04. The van der Waals surface area contributed by atoms with Crippen molar-refractivity contribution in [1.82, 2.24) is 4.98 Å². The first-order valence-corrected chi connectivity index (χ1v) is 8.33. The fraction of sp³-hybridized carbons (Fsp3) is 0.125. The van der Waals surface area contributed by atoms with Crippen LogP contribution in [0.4, 0.5) is 5.69 Å². The van der Waals surface area contributed by atoms with E-state index in [1.54, 1.807) is 6.92 Å². The van der Waals surface area contributed by atoms with E-state index >= 15 is 0 Å². The van der Waals surface area contributed by atoms with Crippen LogP contribution < -0.4 is 5.73 Å². The molecule has 6 heteroatoms. The van der Waals surface area contributed by atoms with Crippen LogP contribution in [0.2, 0.25) is 0 Å². The first-order chi connectivity index (χ1) is 10.6. The zero-order valence-electron chi connectivity index (χ0n) is 11.8. The summed E-state index contributed by atoms with van der Waals surface area (Å²) in [5.41, 5.74) is 8.33. The number of carbonyl (C=O) groups excluding carboxylic acids is 1. The Morgan fingerprint density at radius 2 is 2.00 bits per heavy atom. The number of ether oxygens (including phenoxy) is 1. The Morgan fingerprint density at radius 1 is 1.27 bits per heavy atom. The van der Waals surface area contributed by atoms with Crippen LogP contribution in [0, 0.1) is 0 Å². The monoisotopic (exact) mass is 376 g/mol. The molecule has 0 aliphatic carbocycles. The lowest BCUT2D eigenvalue weighted by atomic mass is 10.1. The molecule has 3 rings (SSSR count). The standard InChI is InChI=1S/C16H13BrN2O2S/c1-2-21-16(20)14-13(18)11-7-8-12(19-15(11)22-14)9-3-5-10(17)6-4-9/h3-8H,2,18H2,1H3. The number of carbonyl (C=O) groups is 1. The van der Waals surface area contributed by atoms with E-state index < -0.39 is 5.97 Å². The Labute approximate surface area is 140 Å². The Balaban J connectivity index is 2.07. The highest BCUT2D eigenvalue weighted by atomic mass is 79.9. The van der Waals surface area contributed by atoms with Crippen molar-refractivity contribution in [2.45, 2.75) is 6.92 Å². The van der Waals surface area contributed by atoms with Crippen molar-refractivity contribution in [3.8, 4) is 11.3 Å². The molecular weight excluding hydrogens is 364 g/mol. The number of thiophene rings is 1. The molecule has 0 fully saturated rings. The fourth-order valence-electron chi connectivity index (χ4n) is 2.13. The summed E-state index contributed by atoms with van der Waals surface area (Å²) >= 11 is 4.68. The molecule has 2 heterocycles. The van der Waals surface area contributed by atoms with Crippen molar-refractivity contribution in [2.24, 2.45) is 0 Å². The number of anilines is 1. The second-order valence-electron chi connectivity index (χ2n) is 4.62. The highest BCUT2D eigenvalue weighted by Gasteiger charge is 2.18. The molecule has 0 saturated heterocycles. The quantitative estimate of drug-likeness (QED) is 0.684. The van der Waals surface area contributed by atoms with Crippen LogP contribution in [0.25, 0.3) is 21.5 Å². The molecule has 0 unspecified atom stereocenters. The number of nitrogens with zero attached hydrogens (tertiary/aromatic N) is 1. The number of fused-ring (bicyclic) bond motifs is 1. The summed E-state index contributed by atoms with van der Waals surface area (Å²) in [5, 5.41) is 0.786. The maximum Gasteiger partial charge on any atom is 0.350 e. The van der Waals surface area contributed by atoms with Crippen molar-refractivity contribution in [2.75, 3.05) is 12.3 Å². The molecule has 0 saturated carbocycles. The molecule has 0 aliphatic rings. The van der Waals surface area contributed by atoms with Gasteiger partial charge in [-0.15, -0.1) is 11.3 Å². The van der Waals surface area contributed by atoms with Gasteiger partial charge in [0.25, 0.3) is 0 Å². The first-order valence-electron chi connectivity index (χ1n) is 6.72. The zero-order valence-corrected chi connectivity index (χ0v) is 14.2. The first kappa shape index (κ1) is 15.0. The molecule has 112 valence electrons. The number of hydrogen-bond acceptors (Lipinski definition) is 5. The van der Waals surface area contributed by atoms with Crippen molar-refractivity contribution >= 4 is 49.1 Å². The summed E-state index contributed by atoms with van der Waals surface area (Å²) in [6.07, 6.45) is 0. The Hall–Kier alpha value is -1.92. The van der Waals surface area contributed by atoms with Gasteiger partial charge in [-0.3, -0.25) is 0 Å².